The lowest BCUT2D eigenvalue weighted by Gasteiger charge is -2.33. The van der Waals surface area contributed by atoms with E-state index < -0.39 is 0 Å². The number of carbonyl (C=O) groups excluding carboxylic acids is 1. The normalized spacial score (nSPS) is 17.3. The van der Waals surface area contributed by atoms with Gasteiger partial charge in [0.05, 0.1) is 23.0 Å². The number of aromatic nitrogens is 3. The number of hydrogen-bond acceptors (Lipinski definition) is 3. The van der Waals surface area contributed by atoms with Crippen molar-refractivity contribution in [2.45, 2.75) is 59.5 Å². The Bertz CT molecular complexity index is 1040. The smallest absolute Gasteiger partial charge is 0.254 e. The minimum Gasteiger partial charge on any atom is -0.336 e. The summed E-state index contributed by atoms with van der Waals surface area (Å²) in [6.45, 7) is 10.00. The van der Waals surface area contributed by atoms with Gasteiger partial charge < -0.3 is 4.90 Å². The number of benzene rings is 1. The Hall–Kier alpha value is -2.69. The Kier molecular flexibility index (Phi) is 4.92. The van der Waals surface area contributed by atoms with Crippen LogP contribution in [-0.4, -0.2) is 38.2 Å². The molecule has 3 aromatic rings. The van der Waals surface area contributed by atoms with Crippen LogP contribution in [0.5, 0.6) is 0 Å². The maximum absolute atomic E-state index is 13.6. The molecule has 3 heterocycles. The molecule has 1 amide bonds. The molecular formula is C23H28N4O. The molecule has 0 unspecified atom stereocenters. The molecule has 1 atom stereocenters. The minimum atomic E-state index is 0.119. The Labute approximate surface area is 166 Å². The molecule has 0 N–H and O–H groups in total. The zero-order valence-electron chi connectivity index (χ0n) is 17.2. The lowest BCUT2D eigenvalue weighted by molar-refractivity contribution is 0.0637. The number of aryl methyl sites for hydroxylation is 3. The first-order valence-corrected chi connectivity index (χ1v) is 10.2. The second kappa shape index (κ2) is 7.38. The number of pyridine rings is 1. The molecule has 146 valence electrons. The van der Waals surface area contributed by atoms with Crippen LogP contribution in [0, 0.1) is 13.8 Å². The summed E-state index contributed by atoms with van der Waals surface area (Å²) in [6.07, 6.45) is 7.17. The quantitative estimate of drug-likeness (QED) is 0.663. The van der Waals surface area contributed by atoms with Crippen molar-refractivity contribution >= 4 is 16.8 Å². The van der Waals surface area contributed by atoms with E-state index in [-0.39, 0.29) is 11.9 Å². The third kappa shape index (κ3) is 3.30. The van der Waals surface area contributed by atoms with Gasteiger partial charge in [-0.25, -0.2) is 4.98 Å². The minimum absolute atomic E-state index is 0.119. The zero-order chi connectivity index (χ0) is 19.8. The van der Waals surface area contributed by atoms with Crippen molar-refractivity contribution in [3.8, 4) is 11.3 Å². The predicted octanol–water partition coefficient (Wildman–Crippen LogP) is 4.75. The first kappa shape index (κ1) is 18.7. The molecule has 0 aliphatic carbocycles. The van der Waals surface area contributed by atoms with E-state index in [1.165, 1.54) is 6.42 Å². The second-order valence-corrected chi connectivity index (χ2v) is 7.96. The average molecular weight is 377 g/mol. The monoisotopic (exact) mass is 376 g/mol. The van der Waals surface area contributed by atoms with E-state index in [4.69, 9.17) is 4.98 Å². The van der Waals surface area contributed by atoms with Crippen molar-refractivity contribution in [2.24, 2.45) is 0 Å². The summed E-state index contributed by atoms with van der Waals surface area (Å²) in [4.78, 5) is 20.5. The molecule has 1 aliphatic rings. The van der Waals surface area contributed by atoms with Crippen LogP contribution in [-0.2, 0) is 6.54 Å². The number of amides is 1. The number of likely N-dealkylation sites (tertiary alicyclic amines) is 1. The fraction of sp³-hybridized carbons (Fsp3) is 0.435. The van der Waals surface area contributed by atoms with Gasteiger partial charge in [-0.2, -0.15) is 5.10 Å². The Balaban J connectivity index is 1.90. The molecule has 0 saturated carbocycles. The summed E-state index contributed by atoms with van der Waals surface area (Å²) in [5.41, 5.74) is 5.67. The average Bonchev–Trinajstić information content (AvgIpc) is 3.16. The summed E-state index contributed by atoms with van der Waals surface area (Å²) < 4.78 is 1.89. The molecule has 1 fully saturated rings. The van der Waals surface area contributed by atoms with Gasteiger partial charge in [-0.15, -0.1) is 0 Å². The van der Waals surface area contributed by atoms with Crippen molar-refractivity contribution < 1.29 is 4.79 Å². The maximum Gasteiger partial charge on any atom is 0.254 e. The van der Waals surface area contributed by atoms with Crippen LogP contribution >= 0.6 is 0 Å². The van der Waals surface area contributed by atoms with Crippen molar-refractivity contribution in [1.29, 1.82) is 0 Å². The van der Waals surface area contributed by atoms with E-state index in [9.17, 15) is 4.79 Å². The third-order valence-corrected chi connectivity index (χ3v) is 5.80. The van der Waals surface area contributed by atoms with Gasteiger partial charge in [0.25, 0.3) is 5.91 Å². The van der Waals surface area contributed by atoms with E-state index in [2.05, 4.69) is 44.9 Å². The van der Waals surface area contributed by atoms with Gasteiger partial charge in [-0.05, 0) is 64.7 Å². The summed E-state index contributed by atoms with van der Waals surface area (Å²) in [5.74, 6) is 0.119. The van der Waals surface area contributed by atoms with E-state index in [1.54, 1.807) is 0 Å². The number of fused-ring (bicyclic) bond motifs is 1. The highest BCUT2D eigenvalue weighted by atomic mass is 16.2. The standard InChI is InChI=1S/C23H28N4O/c1-5-26-14-18(13-24-26)21-12-20(23(28)27-9-7-6-8-17(27)4)19-11-15(2)10-16(3)22(19)25-21/h10-14,17H,5-9H2,1-4H3/t17-/m1/s1. The molecule has 5 heteroatoms. The summed E-state index contributed by atoms with van der Waals surface area (Å²) >= 11 is 0. The molecule has 0 radical (unpaired) electrons. The van der Waals surface area contributed by atoms with Gasteiger partial charge in [0.2, 0.25) is 0 Å². The van der Waals surface area contributed by atoms with E-state index in [0.29, 0.717) is 0 Å². The fourth-order valence-electron chi connectivity index (χ4n) is 4.23. The van der Waals surface area contributed by atoms with Gasteiger partial charge in [0.15, 0.2) is 0 Å². The van der Waals surface area contributed by atoms with E-state index >= 15 is 0 Å². The first-order valence-electron chi connectivity index (χ1n) is 10.2. The van der Waals surface area contributed by atoms with Crippen LogP contribution < -0.4 is 0 Å². The fourth-order valence-corrected chi connectivity index (χ4v) is 4.23. The summed E-state index contributed by atoms with van der Waals surface area (Å²) in [6, 6.07) is 6.46. The van der Waals surface area contributed by atoms with Gasteiger partial charge in [-0.3, -0.25) is 9.48 Å². The second-order valence-electron chi connectivity index (χ2n) is 7.96. The molecule has 5 nitrogen and oxygen atoms in total. The van der Waals surface area contributed by atoms with Crippen molar-refractivity contribution in [1.82, 2.24) is 19.7 Å². The van der Waals surface area contributed by atoms with Gasteiger partial charge >= 0.3 is 0 Å². The third-order valence-electron chi connectivity index (χ3n) is 5.80. The number of piperidine rings is 1. The largest absolute Gasteiger partial charge is 0.336 e. The van der Waals surface area contributed by atoms with Crippen LogP contribution in [0.15, 0.2) is 30.6 Å². The number of hydrogen-bond donors (Lipinski definition) is 0. The topological polar surface area (TPSA) is 51.0 Å². The lowest BCUT2D eigenvalue weighted by atomic mass is 9.97. The molecule has 28 heavy (non-hydrogen) atoms. The Morgan fingerprint density at radius 1 is 1.21 bits per heavy atom. The SMILES string of the molecule is CCn1cc(-c2cc(C(=O)N3CCCC[C@H]3C)c3cc(C)cc(C)c3n2)cn1. The van der Waals surface area contributed by atoms with E-state index in [1.807, 2.05) is 28.0 Å². The highest BCUT2D eigenvalue weighted by Gasteiger charge is 2.26. The molecule has 1 aliphatic heterocycles. The van der Waals surface area contributed by atoms with E-state index in [0.717, 1.165) is 64.8 Å². The summed E-state index contributed by atoms with van der Waals surface area (Å²) in [5, 5.41) is 5.34. The van der Waals surface area contributed by atoms with Gasteiger partial charge in [-0.1, -0.05) is 11.6 Å². The molecule has 0 bridgehead atoms. The van der Waals surface area contributed by atoms with Gasteiger partial charge in [0.1, 0.15) is 0 Å². The van der Waals surface area contributed by atoms with Crippen LogP contribution in [0.3, 0.4) is 0 Å². The van der Waals surface area contributed by atoms with Crippen LogP contribution in [0.4, 0.5) is 0 Å². The maximum atomic E-state index is 13.6. The van der Waals surface area contributed by atoms with Gasteiger partial charge in [0, 0.05) is 36.3 Å². The molecule has 2 aromatic heterocycles. The molecule has 4 rings (SSSR count). The Morgan fingerprint density at radius 2 is 2.04 bits per heavy atom. The number of rotatable bonds is 3. The number of carbonyl (C=O) groups is 1. The van der Waals surface area contributed by atoms with Crippen LogP contribution in [0.1, 0.15) is 54.6 Å². The first-order chi connectivity index (χ1) is 13.5. The Morgan fingerprint density at radius 3 is 2.75 bits per heavy atom. The summed E-state index contributed by atoms with van der Waals surface area (Å²) in [7, 11) is 0. The predicted molar refractivity (Wildman–Crippen MR) is 112 cm³/mol. The molecule has 1 saturated heterocycles. The zero-order valence-corrected chi connectivity index (χ0v) is 17.2. The highest BCUT2D eigenvalue weighted by molar-refractivity contribution is 6.08. The van der Waals surface area contributed by atoms with Crippen LogP contribution in [0.25, 0.3) is 22.2 Å². The van der Waals surface area contributed by atoms with Crippen molar-refractivity contribution in [3.05, 3.63) is 47.3 Å². The molecule has 0 spiro atoms. The van der Waals surface area contributed by atoms with Crippen LogP contribution in [0.2, 0.25) is 0 Å². The molecule has 1 aromatic carbocycles. The number of nitrogens with zero attached hydrogens (tertiary/aromatic N) is 4. The van der Waals surface area contributed by atoms with Crippen molar-refractivity contribution in [2.75, 3.05) is 6.54 Å². The lowest BCUT2D eigenvalue weighted by Crippen LogP contribution is -2.42. The highest BCUT2D eigenvalue weighted by Crippen LogP contribution is 2.30. The molecular weight excluding hydrogens is 348 g/mol. The van der Waals surface area contributed by atoms with Crippen molar-refractivity contribution in [3.63, 3.8) is 0 Å².